The number of aliphatic hydroxyl groups excluding tert-OH is 1. The first-order chi connectivity index (χ1) is 14.4. The molecule has 1 aliphatic heterocycles. The van der Waals surface area contributed by atoms with Crippen molar-refractivity contribution >= 4 is 7.82 Å². The van der Waals surface area contributed by atoms with Crippen molar-refractivity contribution in [2.24, 2.45) is 0 Å². The van der Waals surface area contributed by atoms with Crippen molar-refractivity contribution in [3.8, 4) is 22.6 Å². The summed E-state index contributed by atoms with van der Waals surface area (Å²) in [4.78, 5) is 17.7. The van der Waals surface area contributed by atoms with Gasteiger partial charge in [0, 0.05) is 11.1 Å². The third-order valence-electron chi connectivity index (χ3n) is 4.77. The van der Waals surface area contributed by atoms with Crippen molar-refractivity contribution in [2.45, 2.75) is 26.4 Å². The first kappa shape index (κ1) is 20.6. The SMILES string of the molecule is O=P(O)(O)OCc1ccc2c(c1)OCc1cc(OCc3cccc(CO)c3)ccc1-2. The molecule has 1 aliphatic rings. The Hall–Kier alpha value is -2.67. The van der Waals surface area contributed by atoms with Crippen LogP contribution < -0.4 is 9.47 Å². The van der Waals surface area contributed by atoms with Gasteiger partial charge in [0.05, 0.1) is 13.2 Å². The molecule has 3 N–H and O–H groups in total. The minimum atomic E-state index is -4.52. The largest absolute Gasteiger partial charge is 0.489 e. The summed E-state index contributed by atoms with van der Waals surface area (Å²) >= 11 is 0. The first-order valence-corrected chi connectivity index (χ1v) is 10.8. The second-order valence-corrected chi connectivity index (χ2v) is 8.21. The van der Waals surface area contributed by atoms with Crippen molar-refractivity contribution in [1.29, 1.82) is 0 Å². The van der Waals surface area contributed by atoms with E-state index < -0.39 is 7.82 Å². The van der Waals surface area contributed by atoms with Crippen molar-refractivity contribution < 1.29 is 33.5 Å². The third-order valence-corrected chi connectivity index (χ3v) is 5.24. The van der Waals surface area contributed by atoms with E-state index in [1.165, 1.54) is 0 Å². The van der Waals surface area contributed by atoms with Crippen LogP contribution in [0.15, 0.2) is 60.7 Å². The van der Waals surface area contributed by atoms with E-state index in [0.29, 0.717) is 24.5 Å². The molecule has 0 bridgehead atoms. The molecule has 8 heteroatoms. The lowest BCUT2D eigenvalue weighted by Gasteiger charge is -2.22. The molecule has 0 saturated carbocycles. The van der Waals surface area contributed by atoms with Gasteiger partial charge in [0.1, 0.15) is 24.7 Å². The highest BCUT2D eigenvalue weighted by atomic mass is 31.2. The highest BCUT2D eigenvalue weighted by Crippen LogP contribution is 2.41. The van der Waals surface area contributed by atoms with Crippen molar-refractivity contribution in [1.82, 2.24) is 0 Å². The fourth-order valence-corrected chi connectivity index (χ4v) is 3.66. The summed E-state index contributed by atoms with van der Waals surface area (Å²) in [6.07, 6.45) is 0. The van der Waals surface area contributed by atoms with Gasteiger partial charge in [0.25, 0.3) is 0 Å². The quantitative estimate of drug-likeness (QED) is 0.490. The molecule has 0 unspecified atom stereocenters. The van der Waals surface area contributed by atoms with Crippen LogP contribution in [0.5, 0.6) is 11.5 Å². The van der Waals surface area contributed by atoms with Gasteiger partial charge in [-0.1, -0.05) is 42.5 Å². The Kier molecular flexibility index (Phi) is 5.90. The maximum Gasteiger partial charge on any atom is 0.469 e. The van der Waals surface area contributed by atoms with Crippen LogP contribution in [-0.2, 0) is 35.5 Å². The molecule has 0 amide bonds. The van der Waals surface area contributed by atoms with E-state index in [-0.39, 0.29) is 13.2 Å². The second kappa shape index (κ2) is 8.60. The van der Waals surface area contributed by atoms with Gasteiger partial charge in [-0.3, -0.25) is 4.52 Å². The molecule has 0 fully saturated rings. The number of rotatable bonds is 7. The lowest BCUT2D eigenvalue weighted by atomic mass is 9.96. The van der Waals surface area contributed by atoms with Gasteiger partial charge in [-0.15, -0.1) is 0 Å². The fraction of sp³-hybridized carbons (Fsp3) is 0.182. The summed E-state index contributed by atoms with van der Waals surface area (Å²) in [6.45, 7) is 0.559. The van der Waals surface area contributed by atoms with Crippen LogP contribution in [0.4, 0.5) is 0 Å². The first-order valence-electron chi connectivity index (χ1n) is 9.32. The summed E-state index contributed by atoms with van der Waals surface area (Å²) in [7, 11) is -4.52. The van der Waals surface area contributed by atoms with E-state index in [1.54, 1.807) is 12.1 Å². The summed E-state index contributed by atoms with van der Waals surface area (Å²) in [5.74, 6) is 1.37. The summed E-state index contributed by atoms with van der Waals surface area (Å²) in [5, 5.41) is 9.25. The van der Waals surface area contributed by atoms with Crippen LogP contribution in [0.2, 0.25) is 0 Å². The van der Waals surface area contributed by atoms with Crippen molar-refractivity contribution in [3.05, 3.63) is 82.9 Å². The van der Waals surface area contributed by atoms with Crippen LogP contribution in [-0.4, -0.2) is 14.9 Å². The lowest BCUT2D eigenvalue weighted by molar-refractivity contribution is 0.188. The van der Waals surface area contributed by atoms with E-state index in [1.807, 2.05) is 48.5 Å². The Balaban J connectivity index is 1.48. The Bertz CT molecular complexity index is 1110. The monoisotopic (exact) mass is 428 g/mol. The normalized spacial score (nSPS) is 12.6. The van der Waals surface area contributed by atoms with E-state index in [0.717, 1.165) is 33.6 Å². The molecule has 0 aliphatic carbocycles. The number of benzene rings is 3. The topological polar surface area (TPSA) is 105 Å². The number of phosphoric ester groups is 1. The Morgan fingerprint density at radius 3 is 2.47 bits per heavy atom. The molecule has 1 heterocycles. The summed E-state index contributed by atoms with van der Waals surface area (Å²) in [5.41, 5.74) is 5.35. The Morgan fingerprint density at radius 1 is 0.900 bits per heavy atom. The average Bonchev–Trinajstić information content (AvgIpc) is 2.75. The molecular weight excluding hydrogens is 407 g/mol. The minimum Gasteiger partial charge on any atom is -0.489 e. The van der Waals surface area contributed by atoms with Crippen molar-refractivity contribution in [2.75, 3.05) is 0 Å². The number of hydrogen-bond acceptors (Lipinski definition) is 5. The standard InChI is InChI=1S/C22H21O7P/c23-11-15-2-1-3-16(8-15)12-27-19-5-7-20-18(10-19)14-28-22-9-17(4-6-21(20)22)13-29-30(24,25)26/h1-10,23H,11-14H2,(H2,24,25,26). The Labute approximate surface area is 173 Å². The van der Waals surface area contributed by atoms with Gasteiger partial charge in [0.15, 0.2) is 0 Å². The van der Waals surface area contributed by atoms with Crippen LogP contribution in [0.3, 0.4) is 0 Å². The van der Waals surface area contributed by atoms with Crippen LogP contribution in [0, 0.1) is 0 Å². The second-order valence-electron chi connectivity index (χ2n) is 6.97. The molecular formula is C22H21O7P. The molecule has 30 heavy (non-hydrogen) atoms. The van der Waals surface area contributed by atoms with E-state index in [4.69, 9.17) is 19.3 Å². The third kappa shape index (κ3) is 4.90. The molecule has 4 rings (SSSR count). The predicted molar refractivity (Wildman–Crippen MR) is 110 cm³/mol. The van der Waals surface area contributed by atoms with Crippen molar-refractivity contribution in [3.63, 3.8) is 0 Å². The van der Waals surface area contributed by atoms with Crippen LogP contribution in [0.1, 0.15) is 22.3 Å². The van der Waals surface area contributed by atoms with Gasteiger partial charge in [-0.25, -0.2) is 4.57 Å². The number of hydrogen-bond donors (Lipinski definition) is 3. The van der Waals surface area contributed by atoms with Gasteiger partial charge in [-0.2, -0.15) is 0 Å². The molecule has 7 nitrogen and oxygen atoms in total. The molecule has 156 valence electrons. The highest BCUT2D eigenvalue weighted by molar-refractivity contribution is 7.46. The zero-order valence-corrected chi connectivity index (χ0v) is 16.9. The maximum absolute atomic E-state index is 10.9. The molecule has 0 radical (unpaired) electrons. The van der Waals surface area contributed by atoms with Gasteiger partial charge >= 0.3 is 7.82 Å². The van der Waals surface area contributed by atoms with Crippen LogP contribution in [0.25, 0.3) is 11.1 Å². The van der Waals surface area contributed by atoms with E-state index in [2.05, 4.69) is 4.52 Å². The van der Waals surface area contributed by atoms with Gasteiger partial charge in [-0.05, 0) is 40.5 Å². The molecule has 0 atom stereocenters. The molecule has 3 aromatic carbocycles. The summed E-state index contributed by atoms with van der Waals surface area (Å²) in [6, 6.07) is 18.8. The zero-order chi connectivity index (χ0) is 21.1. The predicted octanol–water partition coefficient (Wildman–Crippen LogP) is 3.93. The minimum absolute atomic E-state index is 0.00339. The fourth-order valence-electron chi connectivity index (χ4n) is 3.34. The highest BCUT2D eigenvalue weighted by Gasteiger charge is 2.20. The summed E-state index contributed by atoms with van der Waals surface area (Å²) < 4.78 is 27.2. The molecule has 0 aromatic heterocycles. The zero-order valence-electron chi connectivity index (χ0n) is 16.0. The number of ether oxygens (including phenoxy) is 2. The van der Waals surface area contributed by atoms with Crippen LogP contribution >= 0.6 is 7.82 Å². The number of phosphoric acid groups is 1. The number of aliphatic hydroxyl groups is 1. The van der Waals surface area contributed by atoms with E-state index in [9.17, 15) is 9.67 Å². The van der Waals surface area contributed by atoms with E-state index >= 15 is 0 Å². The average molecular weight is 428 g/mol. The smallest absolute Gasteiger partial charge is 0.469 e. The molecule has 0 saturated heterocycles. The molecule has 0 spiro atoms. The van der Waals surface area contributed by atoms with Gasteiger partial charge in [0.2, 0.25) is 0 Å². The van der Waals surface area contributed by atoms with Gasteiger partial charge < -0.3 is 24.4 Å². The lowest BCUT2D eigenvalue weighted by Crippen LogP contribution is -2.07. The number of fused-ring (bicyclic) bond motifs is 3. The maximum atomic E-state index is 10.9. The molecule has 3 aromatic rings. The Morgan fingerprint density at radius 2 is 1.67 bits per heavy atom.